The third-order valence-electron chi connectivity index (χ3n) is 2.90. The summed E-state index contributed by atoms with van der Waals surface area (Å²) in [6, 6.07) is 1.91. The Morgan fingerprint density at radius 3 is 2.73 bits per heavy atom. The van der Waals surface area contributed by atoms with Crippen LogP contribution in [-0.2, 0) is 9.47 Å². The molecule has 1 aromatic heterocycles. The molecule has 0 aliphatic rings. The lowest BCUT2D eigenvalue weighted by molar-refractivity contribution is 0.0535. The molecule has 1 rings (SSSR count). The van der Waals surface area contributed by atoms with Crippen molar-refractivity contribution in [2.45, 2.75) is 13.8 Å². The Bertz CT molecular complexity index is 483. The molecule has 0 fully saturated rings. The number of pyridine rings is 1. The predicted molar refractivity (Wildman–Crippen MR) is 91.3 cm³/mol. The van der Waals surface area contributed by atoms with Gasteiger partial charge in [-0.1, -0.05) is 0 Å². The van der Waals surface area contributed by atoms with E-state index in [-0.39, 0.29) is 0 Å². The Kier molecular flexibility index (Phi) is 9.03. The molecule has 0 saturated heterocycles. The van der Waals surface area contributed by atoms with Gasteiger partial charge < -0.3 is 19.1 Å². The van der Waals surface area contributed by atoms with E-state index in [1.807, 2.05) is 24.9 Å². The van der Waals surface area contributed by atoms with Crippen molar-refractivity contribution in [2.24, 2.45) is 4.99 Å². The van der Waals surface area contributed by atoms with Crippen LogP contribution in [0.2, 0.25) is 0 Å². The molecule has 7 heteroatoms. The summed E-state index contributed by atoms with van der Waals surface area (Å²) in [5.74, 6) is 0.552. The lowest BCUT2D eigenvalue weighted by Crippen LogP contribution is -2.14. The van der Waals surface area contributed by atoms with Crippen LogP contribution in [-0.4, -0.2) is 63.4 Å². The molecule has 0 unspecified atom stereocenters. The second kappa shape index (κ2) is 10.5. The Labute approximate surface area is 140 Å². The van der Waals surface area contributed by atoms with E-state index in [2.05, 4.69) is 32.8 Å². The molecule has 0 bridgehead atoms. The topological polar surface area (TPSA) is 56.2 Å². The number of rotatable bonds is 10. The summed E-state index contributed by atoms with van der Waals surface area (Å²) in [5.41, 5.74) is 1.63. The van der Waals surface area contributed by atoms with Gasteiger partial charge in [0.2, 0.25) is 5.88 Å². The molecule has 1 aromatic rings. The average molecular weight is 374 g/mol. The fourth-order valence-electron chi connectivity index (χ4n) is 1.47. The maximum Gasteiger partial charge on any atom is 0.228 e. The van der Waals surface area contributed by atoms with Gasteiger partial charge in [-0.05, 0) is 35.8 Å². The number of methoxy groups -OCH3 is 1. The second-order valence-corrected chi connectivity index (χ2v) is 5.51. The fourth-order valence-corrected chi connectivity index (χ4v) is 1.89. The van der Waals surface area contributed by atoms with Crippen LogP contribution in [0.4, 0.5) is 5.69 Å². The van der Waals surface area contributed by atoms with Gasteiger partial charge in [-0.2, -0.15) is 0 Å². The number of ether oxygens (including phenoxy) is 3. The van der Waals surface area contributed by atoms with E-state index >= 15 is 0 Å². The Balaban J connectivity index is 2.56. The van der Waals surface area contributed by atoms with Gasteiger partial charge in [0.25, 0.3) is 0 Å². The van der Waals surface area contributed by atoms with E-state index in [9.17, 15) is 0 Å². The highest BCUT2D eigenvalue weighted by molar-refractivity contribution is 9.10. The van der Waals surface area contributed by atoms with Crippen LogP contribution in [0.5, 0.6) is 5.88 Å². The van der Waals surface area contributed by atoms with E-state index in [1.165, 1.54) is 0 Å². The average Bonchev–Trinajstić information content (AvgIpc) is 2.51. The summed E-state index contributed by atoms with van der Waals surface area (Å²) in [4.78, 5) is 10.8. The maximum atomic E-state index is 5.61. The molecule has 6 nitrogen and oxygen atoms in total. The molecule has 22 heavy (non-hydrogen) atoms. The molecule has 0 aliphatic heterocycles. The van der Waals surface area contributed by atoms with E-state index in [0.29, 0.717) is 32.3 Å². The highest BCUT2D eigenvalue weighted by Crippen LogP contribution is 2.29. The van der Waals surface area contributed by atoms with Gasteiger partial charge in [-0.3, -0.25) is 0 Å². The molecule has 124 valence electrons. The summed E-state index contributed by atoms with van der Waals surface area (Å²) >= 11 is 3.46. The van der Waals surface area contributed by atoms with Crippen LogP contribution in [0.25, 0.3) is 0 Å². The van der Waals surface area contributed by atoms with Gasteiger partial charge >= 0.3 is 0 Å². The van der Waals surface area contributed by atoms with Gasteiger partial charge in [0.15, 0.2) is 0 Å². The second-order valence-electron chi connectivity index (χ2n) is 4.65. The van der Waals surface area contributed by atoms with Gasteiger partial charge in [0.05, 0.1) is 42.0 Å². The van der Waals surface area contributed by atoms with Gasteiger partial charge in [0.1, 0.15) is 6.61 Å². The molecular formula is C15H24BrN3O3. The molecule has 0 amide bonds. The summed E-state index contributed by atoms with van der Waals surface area (Å²) in [6.07, 6.45) is 1.79. The lowest BCUT2D eigenvalue weighted by Gasteiger charge is -2.11. The Hall–Kier alpha value is -1.18. The van der Waals surface area contributed by atoms with Crippen molar-refractivity contribution in [2.75, 3.05) is 47.1 Å². The van der Waals surface area contributed by atoms with Crippen molar-refractivity contribution in [3.05, 3.63) is 16.2 Å². The van der Waals surface area contributed by atoms with Gasteiger partial charge in [0, 0.05) is 20.7 Å². The zero-order valence-corrected chi connectivity index (χ0v) is 15.2. The molecule has 0 N–H and O–H groups in total. The Morgan fingerprint density at radius 2 is 2.05 bits per heavy atom. The molecule has 0 spiro atoms. The predicted octanol–water partition coefficient (Wildman–Crippen LogP) is 2.81. The largest absolute Gasteiger partial charge is 0.474 e. The van der Waals surface area contributed by atoms with Crippen molar-refractivity contribution in [1.29, 1.82) is 0 Å². The first-order valence-corrected chi connectivity index (χ1v) is 7.98. The number of aryl methyl sites for hydroxylation is 1. The van der Waals surface area contributed by atoms with E-state index in [4.69, 9.17) is 14.2 Å². The Morgan fingerprint density at radius 1 is 1.32 bits per heavy atom. The normalized spacial score (nSPS) is 11.1. The van der Waals surface area contributed by atoms with Crippen LogP contribution < -0.4 is 4.74 Å². The lowest BCUT2D eigenvalue weighted by atomic mass is 10.3. The number of aromatic nitrogens is 1. The van der Waals surface area contributed by atoms with E-state index in [0.717, 1.165) is 22.4 Å². The zero-order valence-electron chi connectivity index (χ0n) is 13.6. The maximum absolute atomic E-state index is 5.61. The summed E-state index contributed by atoms with van der Waals surface area (Å²) in [7, 11) is 3.62. The number of halogens is 1. The zero-order chi connectivity index (χ0) is 16.4. The minimum atomic E-state index is 0.440. The van der Waals surface area contributed by atoms with Crippen molar-refractivity contribution < 1.29 is 14.2 Å². The summed E-state index contributed by atoms with van der Waals surface area (Å²) in [6.45, 7) is 6.97. The van der Waals surface area contributed by atoms with Gasteiger partial charge in [-0.25, -0.2) is 9.98 Å². The smallest absolute Gasteiger partial charge is 0.228 e. The van der Waals surface area contributed by atoms with Gasteiger partial charge in [-0.15, -0.1) is 0 Å². The molecule has 0 saturated carbocycles. The fraction of sp³-hybridized carbons (Fsp3) is 0.600. The molecule has 0 aliphatic carbocycles. The van der Waals surface area contributed by atoms with Crippen molar-refractivity contribution >= 4 is 28.0 Å². The van der Waals surface area contributed by atoms with Crippen LogP contribution in [0.15, 0.2) is 15.5 Å². The quantitative estimate of drug-likeness (QED) is 0.358. The van der Waals surface area contributed by atoms with Crippen molar-refractivity contribution in [3.8, 4) is 5.88 Å². The van der Waals surface area contributed by atoms with Crippen LogP contribution in [0, 0.1) is 6.92 Å². The minimum Gasteiger partial charge on any atom is -0.474 e. The van der Waals surface area contributed by atoms with Crippen LogP contribution in [0.3, 0.4) is 0 Å². The van der Waals surface area contributed by atoms with E-state index < -0.39 is 0 Å². The highest BCUT2D eigenvalue weighted by Gasteiger charge is 2.08. The third kappa shape index (κ3) is 6.72. The van der Waals surface area contributed by atoms with Crippen LogP contribution >= 0.6 is 15.9 Å². The van der Waals surface area contributed by atoms with Crippen molar-refractivity contribution in [3.63, 3.8) is 0 Å². The summed E-state index contributed by atoms with van der Waals surface area (Å²) < 4.78 is 16.6. The molecule has 1 heterocycles. The van der Waals surface area contributed by atoms with E-state index in [1.54, 1.807) is 13.4 Å². The number of nitrogens with zero attached hydrogens (tertiary/aromatic N) is 3. The number of hydrogen-bond acceptors (Lipinski definition) is 5. The van der Waals surface area contributed by atoms with Crippen LogP contribution in [0.1, 0.15) is 12.6 Å². The monoisotopic (exact) mass is 373 g/mol. The summed E-state index contributed by atoms with van der Waals surface area (Å²) in [5, 5.41) is 0. The minimum absolute atomic E-state index is 0.440. The number of aliphatic imine (C=N–C) groups is 1. The molecular weight excluding hydrogens is 350 g/mol. The van der Waals surface area contributed by atoms with Crippen molar-refractivity contribution in [1.82, 2.24) is 9.88 Å². The molecule has 0 aromatic carbocycles. The first-order chi connectivity index (χ1) is 10.6. The first kappa shape index (κ1) is 18.9. The third-order valence-corrected chi connectivity index (χ3v) is 3.47. The SMILES string of the molecule is CCN(C)C=Nc1cc(Br)c(OCCOCCOC)nc1C. The number of hydrogen-bond donors (Lipinski definition) is 0. The highest BCUT2D eigenvalue weighted by atomic mass is 79.9. The standard InChI is InChI=1S/C15H24BrN3O3/c1-5-19(3)11-17-14-10-13(16)15(18-12(14)2)22-9-8-21-7-6-20-4/h10-11H,5-9H2,1-4H3. The molecule has 0 atom stereocenters. The molecule has 0 radical (unpaired) electrons. The first-order valence-electron chi connectivity index (χ1n) is 7.19.